The van der Waals surface area contributed by atoms with Crippen LogP contribution in [-0.2, 0) is 12.8 Å². The molecule has 4 rings (SSSR count). The molecule has 0 bridgehead atoms. The number of H-pyrrole nitrogens is 1. The van der Waals surface area contributed by atoms with Gasteiger partial charge in [0.1, 0.15) is 5.82 Å². The first-order valence-corrected chi connectivity index (χ1v) is 9.72. The van der Waals surface area contributed by atoms with Gasteiger partial charge < -0.3 is 15.6 Å². The Bertz CT molecular complexity index is 1070. The number of benzene rings is 2. The Hall–Kier alpha value is -3.34. The van der Waals surface area contributed by atoms with Gasteiger partial charge in [0.2, 0.25) is 5.95 Å². The summed E-state index contributed by atoms with van der Waals surface area (Å²) in [6.45, 7) is 4.91. The normalized spacial score (nSPS) is 10.9. The quantitative estimate of drug-likeness (QED) is 0.416. The third kappa shape index (κ3) is 4.14. The van der Waals surface area contributed by atoms with Crippen LogP contribution in [0.1, 0.15) is 23.7 Å². The van der Waals surface area contributed by atoms with Crippen molar-refractivity contribution in [2.75, 3.05) is 17.2 Å². The summed E-state index contributed by atoms with van der Waals surface area (Å²) in [5, 5.41) is 8.00. The van der Waals surface area contributed by atoms with Crippen molar-refractivity contribution in [2.45, 2.75) is 26.7 Å². The zero-order chi connectivity index (χ0) is 19.3. The molecule has 5 heteroatoms. The van der Waals surface area contributed by atoms with Gasteiger partial charge >= 0.3 is 0 Å². The lowest BCUT2D eigenvalue weighted by atomic mass is 10.1. The van der Waals surface area contributed by atoms with E-state index in [0.29, 0.717) is 5.95 Å². The van der Waals surface area contributed by atoms with Crippen molar-refractivity contribution >= 4 is 28.4 Å². The highest BCUT2D eigenvalue weighted by molar-refractivity contribution is 5.83. The molecule has 0 saturated carbocycles. The van der Waals surface area contributed by atoms with E-state index in [2.05, 4.69) is 81.2 Å². The molecule has 0 atom stereocenters. The van der Waals surface area contributed by atoms with Crippen LogP contribution < -0.4 is 10.6 Å². The minimum atomic E-state index is 0.646. The highest BCUT2D eigenvalue weighted by Crippen LogP contribution is 2.19. The van der Waals surface area contributed by atoms with Gasteiger partial charge in [-0.2, -0.15) is 4.98 Å². The fourth-order valence-corrected chi connectivity index (χ4v) is 3.33. The smallest absolute Gasteiger partial charge is 0.224 e. The monoisotopic (exact) mass is 371 g/mol. The average molecular weight is 371 g/mol. The predicted octanol–water partition coefficient (Wildman–Crippen LogP) is 5.23. The number of para-hydroxylation sites is 1. The summed E-state index contributed by atoms with van der Waals surface area (Å²) < 4.78 is 0. The SMILES string of the molecule is CCc1ccc(Nc2cc(C)nc(NCCc3c[nH]c4ccccc34)n2)cc1. The first kappa shape index (κ1) is 18.0. The summed E-state index contributed by atoms with van der Waals surface area (Å²) in [4.78, 5) is 12.4. The molecule has 0 aliphatic heterocycles. The summed E-state index contributed by atoms with van der Waals surface area (Å²) in [5.74, 6) is 1.44. The molecule has 0 radical (unpaired) electrons. The second-order valence-corrected chi connectivity index (χ2v) is 6.93. The molecular formula is C23H25N5. The van der Waals surface area contributed by atoms with Gasteiger partial charge in [-0.3, -0.25) is 0 Å². The molecule has 0 saturated heterocycles. The molecule has 2 aromatic heterocycles. The van der Waals surface area contributed by atoms with Gasteiger partial charge in [-0.25, -0.2) is 4.98 Å². The summed E-state index contributed by atoms with van der Waals surface area (Å²) in [6, 6.07) is 18.8. The van der Waals surface area contributed by atoms with Gasteiger partial charge in [-0.1, -0.05) is 37.3 Å². The second-order valence-electron chi connectivity index (χ2n) is 6.93. The maximum Gasteiger partial charge on any atom is 0.224 e. The molecule has 28 heavy (non-hydrogen) atoms. The predicted molar refractivity (Wildman–Crippen MR) is 116 cm³/mol. The molecule has 5 nitrogen and oxygen atoms in total. The van der Waals surface area contributed by atoms with Crippen LogP contribution in [0, 0.1) is 6.92 Å². The van der Waals surface area contributed by atoms with Crippen LogP contribution in [0.25, 0.3) is 10.9 Å². The van der Waals surface area contributed by atoms with E-state index >= 15 is 0 Å². The Morgan fingerprint density at radius 2 is 1.82 bits per heavy atom. The van der Waals surface area contributed by atoms with E-state index < -0.39 is 0 Å². The lowest BCUT2D eigenvalue weighted by Crippen LogP contribution is -2.09. The number of anilines is 3. The lowest BCUT2D eigenvalue weighted by Gasteiger charge is -2.10. The zero-order valence-electron chi connectivity index (χ0n) is 16.3. The summed E-state index contributed by atoms with van der Waals surface area (Å²) in [6.07, 6.45) is 4.02. The molecule has 142 valence electrons. The van der Waals surface area contributed by atoms with E-state index in [1.165, 1.54) is 22.0 Å². The standard InChI is InChI=1S/C23H25N5/c1-3-17-8-10-19(11-9-17)27-22-14-16(2)26-23(28-22)24-13-12-18-15-25-21-7-5-4-6-20(18)21/h4-11,14-15,25H,3,12-13H2,1-2H3,(H2,24,26,27,28). The fourth-order valence-electron chi connectivity index (χ4n) is 3.33. The molecular weight excluding hydrogens is 346 g/mol. The molecule has 0 aliphatic carbocycles. The molecule has 4 aromatic rings. The van der Waals surface area contributed by atoms with Gasteiger partial charge in [0, 0.05) is 41.1 Å². The number of aromatic amines is 1. The van der Waals surface area contributed by atoms with E-state index in [0.717, 1.165) is 36.6 Å². The van der Waals surface area contributed by atoms with Crippen molar-refractivity contribution in [3.05, 3.63) is 77.6 Å². The number of fused-ring (bicyclic) bond motifs is 1. The van der Waals surface area contributed by atoms with Crippen molar-refractivity contribution < 1.29 is 0 Å². The number of hydrogen-bond donors (Lipinski definition) is 3. The molecule has 2 heterocycles. The maximum absolute atomic E-state index is 4.61. The largest absolute Gasteiger partial charge is 0.361 e. The summed E-state index contributed by atoms with van der Waals surface area (Å²) >= 11 is 0. The lowest BCUT2D eigenvalue weighted by molar-refractivity contribution is 0.981. The van der Waals surface area contributed by atoms with Crippen LogP contribution in [0.3, 0.4) is 0 Å². The highest BCUT2D eigenvalue weighted by atomic mass is 15.1. The van der Waals surface area contributed by atoms with Crippen LogP contribution in [0.5, 0.6) is 0 Å². The minimum Gasteiger partial charge on any atom is -0.361 e. The Labute approximate surface area is 165 Å². The molecule has 0 amide bonds. The van der Waals surface area contributed by atoms with E-state index in [-0.39, 0.29) is 0 Å². The van der Waals surface area contributed by atoms with Crippen molar-refractivity contribution in [3.63, 3.8) is 0 Å². The molecule has 0 spiro atoms. The zero-order valence-corrected chi connectivity index (χ0v) is 16.3. The Balaban J connectivity index is 1.41. The Morgan fingerprint density at radius 1 is 1.00 bits per heavy atom. The van der Waals surface area contributed by atoms with E-state index in [4.69, 9.17) is 0 Å². The van der Waals surface area contributed by atoms with Crippen molar-refractivity contribution in [2.24, 2.45) is 0 Å². The molecule has 0 unspecified atom stereocenters. The number of rotatable bonds is 7. The first-order chi connectivity index (χ1) is 13.7. The molecule has 3 N–H and O–H groups in total. The maximum atomic E-state index is 4.61. The van der Waals surface area contributed by atoms with Crippen LogP contribution in [0.2, 0.25) is 0 Å². The van der Waals surface area contributed by atoms with E-state index in [1.807, 2.05) is 19.1 Å². The Morgan fingerprint density at radius 3 is 2.64 bits per heavy atom. The van der Waals surface area contributed by atoms with E-state index in [1.54, 1.807) is 0 Å². The molecule has 0 aliphatic rings. The van der Waals surface area contributed by atoms with Gasteiger partial charge in [-0.15, -0.1) is 0 Å². The van der Waals surface area contributed by atoms with Gasteiger partial charge in [0.25, 0.3) is 0 Å². The molecule has 0 fully saturated rings. The van der Waals surface area contributed by atoms with Gasteiger partial charge in [0.05, 0.1) is 0 Å². The van der Waals surface area contributed by atoms with Crippen LogP contribution in [0.4, 0.5) is 17.5 Å². The number of nitrogens with zero attached hydrogens (tertiary/aromatic N) is 2. The van der Waals surface area contributed by atoms with Gasteiger partial charge in [0.15, 0.2) is 0 Å². The molecule has 2 aromatic carbocycles. The second kappa shape index (κ2) is 8.13. The summed E-state index contributed by atoms with van der Waals surface area (Å²) in [7, 11) is 0. The van der Waals surface area contributed by atoms with Crippen molar-refractivity contribution in [3.8, 4) is 0 Å². The van der Waals surface area contributed by atoms with Crippen molar-refractivity contribution in [1.29, 1.82) is 0 Å². The van der Waals surface area contributed by atoms with Gasteiger partial charge in [-0.05, 0) is 49.1 Å². The average Bonchev–Trinajstić information content (AvgIpc) is 3.11. The van der Waals surface area contributed by atoms with Crippen LogP contribution in [0.15, 0.2) is 60.8 Å². The first-order valence-electron chi connectivity index (χ1n) is 9.72. The third-order valence-corrected chi connectivity index (χ3v) is 4.84. The number of hydrogen-bond acceptors (Lipinski definition) is 4. The van der Waals surface area contributed by atoms with Crippen LogP contribution in [-0.4, -0.2) is 21.5 Å². The number of nitrogens with one attached hydrogen (secondary N) is 3. The van der Waals surface area contributed by atoms with Crippen molar-refractivity contribution in [1.82, 2.24) is 15.0 Å². The third-order valence-electron chi connectivity index (χ3n) is 4.84. The minimum absolute atomic E-state index is 0.646. The topological polar surface area (TPSA) is 65.6 Å². The fraction of sp³-hybridized carbons (Fsp3) is 0.217. The van der Waals surface area contributed by atoms with E-state index in [9.17, 15) is 0 Å². The number of aromatic nitrogens is 3. The van der Waals surface area contributed by atoms with Crippen LogP contribution >= 0.6 is 0 Å². The summed E-state index contributed by atoms with van der Waals surface area (Å²) in [5.41, 5.74) is 5.75. The Kier molecular flexibility index (Phi) is 5.24. The number of aryl methyl sites for hydroxylation is 2. The highest BCUT2D eigenvalue weighted by Gasteiger charge is 2.05.